The average Bonchev–Trinajstić information content (AvgIpc) is 2.44. The lowest BCUT2D eigenvalue weighted by atomic mass is 10.0. The van der Waals surface area contributed by atoms with E-state index in [9.17, 15) is 14.3 Å². The molecule has 0 saturated carbocycles. The average molecular weight is 299 g/mol. The molecule has 118 valence electrons. The molecule has 0 saturated heterocycles. The molecule has 0 aromatic heterocycles. The molecule has 0 aliphatic heterocycles. The topological polar surface area (TPSA) is 59.0 Å². The Bertz CT molecular complexity index is 471. The Morgan fingerprint density at radius 1 is 1.24 bits per heavy atom. The van der Waals surface area contributed by atoms with Crippen molar-refractivity contribution in [3.8, 4) is 5.75 Å². The normalized spacial score (nSPS) is 11.1. The smallest absolute Gasteiger partial charge is 0.163 e. The molecule has 0 fully saturated rings. The number of ether oxygens (including phenoxy) is 2. The van der Waals surface area contributed by atoms with Gasteiger partial charge in [-0.1, -0.05) is 0 Å². The highest BCUT2D eigenvalue weighted by Gasteiger charge is 2.16. The van der Waals surface area contributed by atoms with Crippen LogP contribution in [0.25, 0.3) is 0 Å². The molecule has 0 spiro atoms. The Balaban J connectivity index is 2.93. The summed E-state index contributed by atoms with van der Waals surface area (Å²) in [6, 6.07) is 2.30. The first-order chi connectivity index (χ1) is 9.99. The number of rotatable bonds is 9. The fourth-order valence-electron chi connectivity index (χ4n) is 2.00. The predicted octanol–water partition coefficient (Wildman–Crippen LogP) is 1.83. The van der Waals surface area contributed by atoms with E-state index in [1.807, 2.05) is 4.90 Å². The zero-order valence-corrected chi connectivity index (χ0v) is 12.7. The third-order valence-corrected chi connectivity index (χ3v) is 3.15. The summed E-state index contributed by atoms with van der Waals surface area (Å²) in [5.74, 6) is -1.07. The van der Waals surface area contributed by atoms with Gasteiger partial charge >= 0.3 is 0 Å². The number of hydrogen-bond acceptors (Lipinski definition) is 5. The molecule has 0 amide bonds. The van der Waals surface area contributed by atoms with Crippen molar-refractivity contribution >= 4 is 5.78 Å². The summed E-state index contributed by atoms with van der Waals surface area (Å²) < 4.78 is 23.7. The van der Waals surface area contributed by atoms with Crippen LogP contribution in [0.4, 0.5) is 4.39 Å². The summed E-state index contributed by atoms with van der Waals surface area (Å²) in [4.78, 5) is 13.4. The Morgan fingerprint density at radius 3 is 2.29 bits per heavy atom. The van der Waals surface area contributed by atoms with Gasteiger partial charge in [-0.3, -0.25) is 9.69 Å². The maximum Gasteiger partial charge on any atom is 0.163 e. The molecule has 0 heterocycles. The van der Waals surface area contributed by atoms with Crippen molar-refractivity contribution in [2.75, 3.05) is 40.5 Å². The number of halogens is 1. The molecule has 0 atom stereocenters. The van der Waals surface area contributed by atoms with Gasteiger partial charge in [0.15, 0.2) is 5.78 Å². The van der Waals surface area contributed by atoms with Gasteiger partial charge in [0, 0.05) is 39.4 Å². The number of hydrogen-bond donors (Lipinski definition) is 1. The van der Waals surface area contributed by atoms with Crippen molar-refractivity contribution in [1.82, 2.24) is 4.90 Å². The molecule has 1 aromatic carbocycles. The zero-order chi connectivity index (χ0) is 15.8. The molecule has 0 aliphatic rings. The lowest BCUT2D eigenvalue weighted by Gasteiger charge is -2.22. The fourth-order valence-corrected chi connectivity index (χ4v) is 2.00. The van der Waals surface area contributed by atoms with Crippen LogP contribution < -0.4 is 0 Å². The molecule has 5 nitrogen and oxygen atoms in total. The standard InChI is InChI=1S/C15H22FNO4/c1-11(18)14-9-13(16)8-12(15(14)19)10-17(4-6-20-2)5-7-21-3/h8-9,19H,4-7,10H2,1-3H3. The quantitative estimate of drug-likeness (QED) is 0.705. The summed E-state index contributed by atoms with van der Waals surface area (Å²) in [7, 11) is 3.20. The lowest BCUT2D eigenvalue weighted by molar-refractivity contribution is 0.101. The van der Waals surface area contributed by atoms with Crippen molar-refractivity contribution in [3.05, 3.63) is 29.1 Å². The number of ketones is 1. The third-order valence-electron chi connectivity index (χ3n) is 3.15. The van der Waals surface area contributed by atoms with Gasteiger partial charge in [0.05, 0.1) is 18.8 Å². The van der Waals surface area contributed by atoms with Gasteiger partial charge in [-0.25, -0.2) is 4.39 Å². The first-order valence-electron chi connectivity index (χ1n) is 6.72. The minimum atomic E-state index is -0.536. The van der Waals surface area contributed by atoms with Crippen LogP contribution in [0.15, 0.2) is 12.1 Å². The molecule has 21 heavy (non-hydrogen) atoms. The van der Waals surface area contributed by atoms with Crippen LogP contribution in [0.1, 0.15) is 22.8 Å². The van der Waals surface area contributed by atoms with E-state index in [0.717, 1.165) is 6.07 Å². The van der Waals surface area contributed by atoms with Crippen molar-refractivity contribution in [1.29, 1.82) is 0 Å². The molecule has 0 bridgehead atoms. The van der Waals surface area contributed by atoms with E-state index in [-0.39, 0.29) is 17.1 Å². The van der Waals surface area contributed by atoms with E-state index in [0.29, 0.717) is 38.4 Å². The van der Waals surface area contributed by atoms with Gasteiger partial charge in [0.25, 0.3) is 0 Å². The van der Waals surface area contributed by atoms with Crippen molar-refractivity contribution in [3.63, 3.8) is 0 Å². The van der Waals surface area contributed by atoms with Crippen molar-refractivity contribution in [2.24, 2.45) is 0 Å². The van der Waals surface area contributed by atoms with Crippen LogP contribution in [0, 0.1) is 5.82 Å². The number of nitrogens with zero attached hydrogens (tertiary/aromatic N) is 1. The van der Waals surface area contributed by atoms with Crippen LogP contribution >= 0.6 is 0 Å². The highest BCUT2D eigenvalue weighted by Crippen LogP contribution is 2.26. The van der Waals surface area contributed by atoms with E-state index in [1.54, 1.807) is 14.2 Å². The maximum absolute atomic E-state index is 13.6. The monoisotopic (exact) mass is 299 g/mol. The lowest BCUT2D eigenvalue weighted by Crippen LogP contribution is -2.30. The first-order valence-corrected chi connectivity index (χ1v) is 6.72. The number of phenolic OH excluding ortho intramolecular Hbond substituents is 1. The van der Waals surface area contributed by atoms with Crippen LogP contribution in [-0.4, -0.2) is 56.3 Å². The number of benzene rings is 1. The molecular formula is C15H22FNO4. The van der Waals surface area contributed by atoms with E-state index in [1.165, 1.54) is 13.0 Å². The highest BCUT2D eigenvalue weighted by molar-refractivity contribution is 5.97. The molecule has 0 aliphatic carbocycles. The molecule has 1 N–H and O–H groups in total. The van der Waals surface area contributed by atoms with Crippen LogP contribution in [0.3, 0.4) is 0 Å². The first kappa shape index (κ1) is 17.6. The number of methoxy groups -OCH3 is 2. The van der Waals surface area contributed by atoms with Gasteiger partial charge in [-0.05, 0) is 19.1 Å². The Hall–Kier alpha value is -1.50. The number of carbonyl (C=O) groups excluding carboxylic acids is 1. The third kappa shape index (κ3) is 5.41. The number of carbonyl (C=O) groups is 1. The molecular weight excluding hydrogens is 277 g/mol. The zero-order valence-electron chi connectivity index (χ0n) is 12.7. The second-order valence-electron chi connectivity index (χ2n) is 4.78. The van der Waals surface area contributed by atoms with E-state index < -0.39 is 5.82 Å². The van der Waals surface area contributed by atoms with E-state index in [4.69, 9.17) is 9.47 Å². The molecule has 0 radical (unpaired) electrons. The summed E-state index contributed by atoms with van der Waals surface area (Å²) >= 11 is 0. The molecule has 1 aromatic rings. The minimum Gasteiger partial charge on any atom is -0.507 e. The fraction of sp³-hybridized carbons (Fsp3) is 0.533. The second-order valence-corrected chi connectivity index (χ2v) is 4.78. The Labute approximate surface area is 124 Å². The summed E-state index contributed by atoms with van der Waals surface area (Å²) in [5, 5.41) is 10.1. The van der Waals surface area contributed by atoms with Crippen LogP contribution in [0.5, 0.6) is 5.75 Å². The van der Waals surface area contributed by atoms with Gasteiger partial charge in [0.1, 0.15) is 11.6 Å². The van der Waals surface area contributed by atoms with E-state index >= 15 is 0 Å². The number of phenols is 1. The van der Waals surface area contributed by atoms with Crippen molar-refractivity contribution in [2.45, 2.75) is 13.5 Å². The van der Waals surface area contributed by atoms with Crippen molar-refractivity contribution < 1.29 is 23.8 Å². The Morgan fingerprint density at radius 2 is 1.81 bits per heavy atom. The minimum absolute atomic E-state index is 0.00318. The van der Waals surface area contributed by atoms with E-state index in [2.05, 4.69) is 0 Å². The van der Waals surface area contributed by atoms with Gasteiger partial charge in [0.2, 0.25) is 0 Å². The predicted molar refractivity (Wildman–Crippen MR) is 77.1 cm³/mol. The highest BCUT2D eigenvalue weighted by atomic mass is 19.1. The molecule has 0 unspecified atom stereocenters. The second kappa shape index (κ2) is 8.71. The van der Waals surface area contributed by atoms with Gasteiger partial charge in [-0.15, -0.1) is 0 Å². The summed E-state index contributed by atoms with van der Waals surface area (Å²) in [5.41, 5.74) is 0.385. The SMILES string of the molecule is COCCN(CCOC)Cc1cc(F)cc(C(C)=O)c1O. The molecule has 1 rings (SSSR count). The molecule has 6 heteroatoms. The largest absolute Gasteiger partial charge is 0.507 e. The number of aromatic hydroxyl groups is 1. The van der Waals surface area contributed by atoms with Gasteiger partial charge in [-0.2, -0.15) is 0 Å². The summed E-state index contributed by atoms with van der Waals surface area (Å²) in [6.07, 6.45) is 0. The Kier molecular flexibility index (Phi) is 7.28. The van der Waals surface area contributed by atoms with Crippen LogP contribution in [0.2, 0.25) is 0 Å². The van der Waals surface area contributed by atoms with Crippen LogP contribution in [-0.2, 0) is 16.0 Å². The maximum atomic E-state index is 13.6. The van der Waals surface area contributed by atoms with Gasteiger partial charge < -0.3 is 14.6 Å². The summed E-state index contributed by atoms with van der Waals surface area (Å²) in [6.45, 7) is 3.87. The number of Topliss-reactive ketones (excluding diaryl/α,β-unsaturated/α-hetero) is 1.